The van der Waals surface area contributed by atoms with Gasteiger partial charge in [0.15, 0.2) is 5.60 Å². The zero-order valence-electron chi connectivity index (χ0n) is 11.2. The van der Waals surface area contributed by atoms with Crippen molar-refractivity contribution >= 4 is 16.9 Å². The van der Waals surface area contributed by atoms with Gasteiger partial charge in [-0.15, -0.1) is 0 Å². The molecule has 2 aromatic rings. The first-order valence-corrected chi connectivity index (χ1v) is 6.31. The van der Waals surface area contributed by atoms with Crippen molar-refractivity contribution in [2.45, 2.75) is 25.1 Å². The van der Waals surface area contributed by atoms with Gasteiger partial charge in [0.2, 0.25) is 0 Å². The van der Waals surface area contributed by atoms with Crippen molar-refractivity contribution in [1.82, 2.24) is 4.98 Å². The molecule has 2 rings (SSSR count). The Morgan fingerprint density at radius 2 is 2.00 bits per heavy atom. The van der Waals surface area contributed by atoms with Gasteiger partial charge in [0.1, 0.15) is 0 Å². The molecule has 4 nitrogen and oxygen atoms in total. The first kappa shape index (κ1) is 15.4. The fourth-order valence-corrected chi connectivity index (χ4v) is 2.18. The van der Waals surface area contributed by atoms with Gasteiger partial charge in [-0.1, -0.05) is 18.2 Å². The summed E-state index contributed by atoms with van der Waals surface area (Å²) in [7, 11) is 0. The van der Waals surface area contributed by atoms with Crippen LogP contribution in [-0.4, -0.2) is 28.8 Å². The van der Waals surface area contributed by atoms with Gasteiger partial charge < -0.3 is 14.8 Å². The highest BCUT2D eigenvalue weighted by Gasteiger charge is 2.57. The van der Waals surface area contributed by atoms with Crippen LogP contribution in [-0.2, 0) is 15.1 Å². The first-order valence-electron chi connectivity index (χ1n) is 6.31. The van der Waals surface area contributed by atoms with E-state index in [0.717, 1.165) is 6.20 Å². The first-order chi connectivity index (χ1) is 9.79. The lowest BCUT2D eigenvalue weighted by molar-refractivity contribution is -0.269. The molecular formula is C14H14F3NO3. The summed E-state index contributed by atoms with van der Waals surface area (Å²) >= 11 is 0. The Morgan fingerprint density at radius 3 is 2.62 bits per heavy atom. The van der Waals surface area contributed by atoms with Crippen molar-refractivity contribution < 1.29 is 27.8 Å². The van der Waals surface area contributed by atoms with E-state index in [0.29, 0.717) is 5.52 Å². The molecule has 7 heteroatoms. The lowest BCUT2D eigenvalue weighted by atomic mass is 9.89. The highest BCUT2D eigenvalue weighted by molar-refractivity contribution is 5.85. The van der Waals surface area contributed by atoms with Gasteiger partial charge in [-0.25, -0.2) is 0 Å². The molecular weight excluding hydrogens is 287 g/mol. The van der Waals surface area contributed by atoms with Gasteiger partial charge >= 0.3 is 12.1 Å². The average molecular weight is 301 g/mol. The summed E-state index contributed by atoms with van der Waals surface area (Å²) in [4.78, 5) is 14.1. The number of aromatic amines is 1. The molecule has 1 unspecified atom stereocenters. The standard InChI is InChI=1S/C14H14F3NO3/c1-2-21-12(19)7-13(20,14(15,16)17)10-8-18-11-6-4-3-5-9(10)11/h3-6,8,18,20H,2,7H2,1H3. The van der Waals surface area contributed by atoms with Gasteiger partial charge in [0.05, 0.1) is 13.0 Å². The summed E-state index contributed by atoms with van der Waals surface area (Å²) in [6, 6.07) is 6.24. The molecule has 1 aromatic carbocycles. The predicted octanol–water partition coefficient (Wildman–Crippen LogP) is 2.87. The van der Waals surface area contributed by atoms with E-state index in [1.807, 2.05) is 0 Å². The molecule has 1 aromatic heterocycles. The van der Waals surface area contributed by atoms with Crippen LogP contribution in [0.25, 0.3) is 10.9 Å². The van der Waals surface area contributed by atoms with Crippen molar-refractivity contribution in [3.63, 3.8) is 0 Å². The minimum Gasteiger partial charge on any atom is -0.466 e. The number of carbonyl (C=O) groups excluding carboxylic acids is 1. The number of halogens is 3. The van der Waals surface area contributed by atoms with Crippen LogP contribution in [0.4, 0.5) is 13.2 Å². The van der Waals surface area contributed by atoms with E-state index in [1.165, 1.54) is 13.0 Å². The van der Waals surface area contributed by atoms with Crippen LogP contribution < -0.4 is 0 Å². The Labute approximate surface area is 118 Å². The number of nitrogens with one attached hydrogen (secondary N) is 1. The second kappa shape index (κ2) is 5.40. The number of aliphatic hydroxyl groups is 1. The SMILES string of the molecule is CCOC(=O)CC(O)(c1c[nH]c2ccccc12)C(F)(F)F. The molecule has 0 aliphatic carbocycles. The van der Waals surface area contributed by atoms with Crippen LogP contribution in [0.5, 0.6) is 0 Å². The Kier molecular flexibility index (Phi) is 3.95. The summed E-state index contributed by atoms with van der Waals surface area (Å²) in [5.74, 6) is -1.11. The van der Waals surface area contributed by atoms with Crippen molar-refractivity contribution in [2.75, 3.05) is 6.61 Å². The van der Waals surface area contributed by atoms with Gasteiger partial charge in [0, 0.05) is 22.7 Å². The maximum Gasteiger partial charge on any atom is 0.422 e. The normalized spacial score (nSPS) is 14.9. The highest BCUT2D eigenvalue weighted by atomic mass is 19.4. The number of hydrogen-bond acceptors (Lipinski definition) is 3. The smallest absolute Gasteiger partial charge is 0.422 e. The van der Waals surface area contributed by atoms with Crippen LogP contribution in [0.1, 0.15) is 18.9 Å². The van der Waals surface area contributed by atoms with Crippen LogP contribution in [0.2, 0.25) is 0 Å². The Balaban J connectivity index is 2.52. The molecule has 114 valence electrons. The molecule has 0 saturated heterocycles. The number of benzene rings is 1. The number of hydrogen-bond donors (Lipinski definition) is 2. The van der Waals surface area contributed by atoms with E-state index < -0.39 is 29.7 Å². The topological polar surface area (TPSA) is 62.3 Å². The molecule has 0 fully saturated rings. The number of fused-ring (bicyclic) bond motifs is 1. The molecule has 2 N–H and O–H groups in total. The summed E-state index contributed by atoms with van der Waals surface area (Å²) < 4.78 is 44.5. The third-order valence-corrected chi connectivity index (χ3v) is 3.21. The number of alkyl halides is 3. The summed E-state index contributed by atoms with van der Waals surface area (Å²) in [6.07, 6.45) is -5.13. The average Bonchev–Trinajstić information content (AvgIpc) is 2.81. The van der Waals surface area contributed by atoms with E-state index in [4.69, 9.17) is 0 Å². The molecule has 21 heavy (non-hydrogen) atoms. The largest absolute Gasteiger partial charge is 0.466 e. The number of para-hydroxylation sites is 1. The molecule has 1 heterocycles. The Morgan fingerprint density at radius 1 is 1.33 bits per heavy atom. The number of H-pyrrole nitrogens is 1. The predicted molar refractivity (Wildman–Crippen MR) is 69.5 cm³/mol. The number of ether oxygens (including phenoxy) is 1. The van der Waals surface area contributed by atoms with Gasteiger partial charge in [-0.2, -0.15) is 13.2 Å². The fourth-order valence-electron chi connectivity index (χ4n) is 2.18. The minimum absolute atomic E-state index is 0.0549. The van der Waals surface area contributed by atoms with Gasteiger partial charge in [-0.3, -0.25) is 4.79 Å². The minimum atomic E-state index is -5.01. The van der Waals surface area contributed by atoms with Crippen LogP contribution in [0.3, 0.4) is 0 Å². The lowest BCUT2D eigenvalue weighted by Crippen LogP contribution is -2.44. The van der Waals surface area contributed by atoms with E-state index in [-0.39, 0.29) is 12.0 Å². The maximum atomic E-state index is 13.3. The summed E-state index contributed by atoms with van der Waals surface area (Å²) in [5, 5.41) is 10.4. The maximum absolute atomic E-state index is 13.3. The highest BCUT2D eigenvalue weighted by Crippen LogP contribution is 2.44. The Hall–Kier alpha value is -2.02. The molecule has 0 amide bonds. The quantitative estimate of drug-likeness (QED) is 0.854. The third kappa shape index (κ3) is 2.73. The fraction of sp³-hybridized carbons (Fsp3) is 0.357. The molecule has 0 radical (unpaired) electrons. The van der Waals surface area contributed by atoms with Crippen molar-refractivity contribution in [1.29, 1.82) is 0 Å². The number of rotatable bonds is 4. The molecule has 0 aliphatic heterocycles. The van der Waals surface area contributed by atoms with Crippen LogP contribution >= 0.6 is 0 Å². The van der Waals surface area contributed by atoms with Gasteiger partial charge in [0.25, 0.3) is 0 Å². The molecule has 0 spiro atoms. The number of esters is 1. The number of aromatic nitrogens is 1. The third-order valence-electron chi connectivity index (χ3n) is 3.21. The lowest BCUT2D eigenvalue weighted by Gasteiger charge is -2.29. The van der Waals surface area contributed by atoms with E-state index in [1.54, 1.807) is 18.2 Å². The summed E-state index contributed by atoms with van der Waals surface area (Å²) in [6.45, 7) is 1.43. The second-order valence-electron chi connectivity index (χ2n) is 4.59. The molecule has 0 bridgehead atoms. The van der Waals surface area contributed by atoms with Crippen LogP contribution in [0, 0.1) is 0 Å². The van der Waals surface area contributed by atoms with Gasteiger partial charge in [-0.05, 0) is 13.0 Å². The van der Waals surface area contributed by atoms with Crippen molar-refractivity contribution in [3.8, 4) is 0 Å². The Bertz CT molecular complexity index is 650. The van der Waals surface area contributed by atoms with E-state index in [2.05, 4.69) is 9.72 Å². The number of carbonyl (C=O) groups is 1. The van der Waals surface area contributed by atoms with Crippen molar-refractivity contribution in [2.24, 2.45) is 0 Å². The monoisotopic (exact) mass is 301 g/mol. The zero-order chi connectivity index (χ0) is 15.7. The van der Waals surface area contributed by atoms with E-state index >= 15 is 0 Å². The van der Waals surface area contributed by atoms with E-state index in [9.17, 15) is 23.1 Å². The molecule has 0 saturated carbocycles. The van der Waals surface area contributed by atoms with Crippen LogP contribution in [0.15, 0.2) is 30.5 Å². The molecule has 1 atom stereocenters. The van der Waals surface area contributed by atoms with Crippen molar-refractivity contribution in [3.05, 3.63) is 36.0 Å². The summed E-state index contributed by atoms with van der Waals surface area (Å²) in [5.41, 5.74) is -3.24. The molecule has 0 aliphatic rings. The second-order valence-corrected chi connectivity index (χ2v) is 4.59. The zero-order valence-corrected chi connectivity index (χ0v) is 11.2.